The number of carbonyl (C=O) groups excluding carboxylic acids is 2. The van der Waals surface area contributed by atoms with Crippen LogP contribution in [-0.2, 0) is 14.3 Å². The fourth-order valence-electron chi connectivity index (χ4n) is 3.60. The second-order valence-corrected chi connectivity index (χ2v) is 9.65. The molecule has 0 N–H and O–H groups in total. The predicted octanol–water partition coefficient (Wildman–Crippen LogP) is 5.05. The van der Waals surface area contributed by atoms with Crippen LogP contribution in [0.15, 0.2) is 42.9 Å². The van der Waals surface area contributed by atoms with Crippen LogP contribution in [-0.4, -0.2) is 40.8 Å². The van der Waals surface area contributed by atoms with Crippen molar-refractivity contribution in [3.8, 4) is 10.4 Å². The topological polar surface area (TPSA) is 81.6 Å². The number of aromatic nitrogens is 2. The summed E-state index contributed by atoms with van der Waals surface area (Å²) in [5.74, 6) is -0.445. The number of nitrogens with zero attached hydrogens (tertiary/aromatic N) is 3. The number of hydrogen-bond acceptors (Lipinski definition) is 7. The Morgan fingerprint density at radius 2 is 1.90 bits per heavy atom. The molecule has 1 aliphatic rings. The minimum atomic E-state index is -0.632. The van der Waals surface area contributed by atoms with Gasteiger partial charge in [-0.3, -0.25) is 9.78 Å². The van der Waals surface area contributed by atoms with Gasteiger partial charge in [-0.1, -0.05) is 23.5 Å². The van der Waals surface area contributed by atoms with Crippen molar-refractivity contribution in [1.29, 1.82) is 0 Å². The first-order chi connectivity index (χ1) is 14.7. The van der Waals surface area contributed by atoms with Gasteiger partial charge in [0, 0.05) is 30.0 Å². The van der Waals surface area contributed by atoms with Crippen LogP contribution in [0.4, 0.5) is 9.93 Å². The standard InChI is InChI=1S/C23H25N3O4S/c1-23(2,3)30-22(28)26(18-10-17(11-18)20(27)29-4)21-25-13-19(31-21)15-5-6-16-12-24-8-7-14(16)9-15/h5-9,12-13,17-18H,10-11H2,1-4H3. The third-order valence-electron chi connectivity index (χ3n) is 5.23. The molecular formula is C23H25N3O4S. The largest absolute Gasteiger partial charge is 0.469 e. The molecule has 1 amide bonds. The zero-order valence-electron chi connectivity index (χ0n) is 18.0. The minimum Gasteiger partial charge on any atom is -0.469 e. The summed E-state index contributed by atoms with van der Waals surface area (Å²) in [7, 11) is 1.38. The number of ether oxygens (including phenoxy) is 2. The maximum absolute atomic E-state index is 13.0. The molecule has 1 fully saturated rings. The highest BCUT2D eigenvalue weighted by molar-refractivity contribution is 7.19. The van der Waals surface area contributed by atoms with E-state index in [4.69, 9.17) is 9.47 Å². The van der Waals surface area contributed by atoms with Gasteiger partial charge in [0.15, 0.2) is 5.13 Å². The number of rotatable bonds is 4. The van der Waals surface area contributed by atoms with E-state index in [1.54, 1.807) is 17.3 Å². The summed E-state index contributed by atoms with van der Waals surface area (Å²) in [5.41, 5.74) is 0.389. The van der Waals surface area contributed by atoms with E-state index in [1.807, 2.05) is 45.2 Å². The number of methoxy groups -OCH3 is 1. The number of anilines is 1. The van der Waals surface area contributed by atoms with Gasteiger partial charge < -0.3 is 9.47 Å². The van der Waals surface area contributed by atoms with E-state index in [2.05, 4.69) is 16.0 Å². The van der Waals surface area contributed by atoms with E-state index in [1.165, 1.54) is 18.4 Å². The van der Waals surface area contributed by atoms with Crippen molar-refractivity contribution >= 4 is 39.3 Å². The molecule has 7 nitrogen and oxygen atoms in total. The zero-order chi connectivity index (χ0) is 22.2. The SMILES string of the molecule is COC(=O)C1CC(N(C(=O)OC(C)(C)C)c2ncc(-c3ccc4cnccc4c3)s2)C1. The molecule has 1 aromatic carbocycles. The van der Waals surface area contributed by atoms with E-state index in [-0.39, 0.29) is 17.9 Å². The van der Waals surface area contributed by atoms with Gasteiger partial charge in [0.05, 0.1) is 17.9 Å². The van der Waals surface area contributed by atoms with Crippen molar-refractivity contribution in [2.45, 2.75) is 45.3 Å². The number of esters is 1. The number of fused-ring (bicyclic) bond motifs is 1. The maximum Gasteiger partial charge on any atom is 0.416 e. The fraction of sp³-hybridized carbons (Fsp3) is 0.391. The maximum atomic E-state index is 13.0. The molecule has 2 heterocycles. The lowest BCUT2D eigenvalue weighted by atomic mass is 9.79. The van der Waals surface area contributed by atoms with Gasteiger partial charge in [0.2, 0.25) is 0 Å². The Balaban J connectivity index is 1.61. The van der Waals surface area contributed by atoms with Gasteiger partial charge in [0.25, 0.3) is 0 Å². The van der Waals surface area contributed by atoms with Gasteiger partial charge in [-0.25, -0.2) is 14.7 Å². The first-order valence-corrected chi connectivity index (χ1v) is 11.0. The average Bonchev–Trinajstić information content (AvgIpc) is 3.17. The highest BCUT2D eigenvalue weighted by Crippen LogP contribution is 2.40. The first kappa shape index (κ1) is 21.2. The lowest BCUT2D eigenvalue weighted by Crippen LogP contribution is -2.51. The van der Waals surface area contributed by atoms with E-state index in [9.17, 15) is 9.59 Å². The minimum absolute atomic E-state index is 0.152. The number of carbonyl (C=O) groups is 2. The Morgan fingerprint density at radius 3 is 2.61 bits per heavy atom. The van der Waals surface area contributed by atoms with E-state index < -0.39 is 11.7 Å². The number of hydrogen-bond donors (Lipinski definition) is 0. The molecule has 1 aliphatic carbocycles. The van der Waals surface area contributed by atoms with Gasteiger partial charge in [0.1, 0.15) is 5.60 Å². The number of pyridine rings is 1. The third kappa shape index (κ3) is 4.54. The predicted molar refractivity (Wildman–Crippen MR) is 120 cm³/mol. The molecule has 0 unspecified atom stereocenters. The molecule has 2 aromatic heterocycles. The van der Waals surface area contributed by atoms with Crippen LogP contribution in [0.3, 0.4) is 0 Å². The van der Waals surface area contributed by atoms with Gasteiger partial charge in [-0.05, 0) is 56.7 Å². The molecule has 3 aromatic rings. The lowest BCUT2D eigenvalue weighted by Gasteiger charge is -2.40. The summed E-state index contributed by atoms with van der Waals surface area (Å²) < 4.78 is 10.5. The lowest BCUT2D eigenvalue weighted by molar-refractivity contribution is -0.148. The molecule has 0 atom stereocenters. The van der Waals surface area contributed by atoms with Crippen LogP contribution >= 0.6 is 11.3 Å². The Kier molecular flexibility index (Phi) is 5.66. The van der Waals surface area contributed by atoms with Crippen LogP contribution in [0.25, 0.3) is 21.2 Å². The van der Waals surface area contributed by atoms with E-state index >= 15 is 0 Å². The summed E-state index contributed by atoms with van der Waals surface area (Å²) in [6, 6.07) is 7.95. The Morgan fingerprint density at radius 1 is 1.13 bits per heavy atom. The Labute approximate surface area is 185 Å². The Bertz CT molecular complexity index is 1120. The third-order valence-corrected chi connectivity index (χ3v) is 6.27. The quantitative estimate of drug-likeness (QED) is 0.529. The normalized spacial score (nSPS) is 18.3. The smallest absolute Gasteiger partial charge is 0.416 e. The second-order valence-electron chi connectivity index (χ2n) is 8.64. The van der Waals surface area contributed by atoms with Crippen molar-refractivity contribution in [3.05, 3.63) is 42.9 Å². The van der Waals surface area contributed by atoms with Crippen molar-refractivity contribution in [3.63, 3.8) is 0 Å². The van der Waals surface area contributed by atoms with Crippen LogP contribution in [0.5, 0.6) is 0 Å². The molecule has 0 aliphatic heterocycles. The highest BCUT2D eigenvalue weighted by Gasteiger charge is 2.43. The fourth-order valence-corrected chi connectivity index (χ4v) is 4.57. The van der Waals surface area contributed by atoms with Gasteiger partial charge in [-0.15, -0.1) is 0 Å². The molecule has 0 saturated heterocycles. The van der Waals surface area contributed by atoms with Crippen molar-refractivity contribution in [2.75, 3.05) is 12.0 Å². The van der Waals surface area contributed by atoms with E-state index in [0.29, 0.717) is 18.0 Å². The van der Waals surface area contributed by atoms with Crippen LogP contribution < -0.4 is 4.90 Å². The second kappa shape index (κ2) is 8.26. The summed E-state index contributed by atoms with van der Waals surface area (Å²) in [4.78, 5) is 36.0. The van der Waals surface area contributed by atoms with Crippen LogP contribution in [0, 0.1) is 5.92 Å². The van der Waals surface area contributed by atoms with Gasteiger partial charge >= 0.3 is 12.1 Å². The molecule has 31 heavy (non-hydrogen) atoms. The highest BCUT2D eigenvalue weighted by atomic mass is 32.1. The summed E-state index contributed by atoms with van der Waals surface area (Å²) >= 11 is 1.43. The van der Waals surface area contributed by atoms with E-state index in [0.717, 1.165) is 21.2 Å². The Hall–Kier alpha value is -3.00. The molecule has 0 radical (unpaired) electrons. The van der Waals surface area contributed by atoms with Gasteiger partial charge in [-0.2, -0.15) is 0 Å². The summed E-state index contributed by atoms with van der Waals surface area (Å²) in [5, 5.41) is 2.72. The molecule has 0 spiro atoms. The number of benzene rings is 1. The van der Waals surface area contributed by atoms with Crippen molar-refractivity contribution < 1.29 is 19.1 Å². The molecule has 1 saturated carbocycles. The molecule has 8 heteroatoms. The summed E-state index contributed by atoms with van der Waals surface area (Å²) in [6.07, 6.45) is 5.98. The molecule has 0 bridgehead atoms. The van der Waals surface area contributed by atoms with Crippen LogP contribution in [0.2, 0.25) is 0 Å². The first-order valence-electron chi connectivity index (χ1n) is 10.1. The molecule has 4 rings (SSSR count). The van der Waals surface area contributed by atoms with Crippen LogP contribution in [0.1, 0.15) is 33.6 Å². The monoisotopic (exact) mass is 439 g/mol. The molecular weight excluding hydrogens is 414 g/mol. The summed E-state index contributed by atoms with van der Waals surface area (Å²) in [6.45, 7) is 5.50. The average molecular weight is 440 g/mol. The zero-order valence-corrected chi connectivity index (χ0v) is 18.8. The number of thiazole rings is 1. The van der Waals surface area contributed by atoms with Crippen molar-refractivity contribution in [2.24, 2.45) is 5.92 Å². The van der Waals surface area contributed by atoms with Crippen molar-refractivity contribution in [1.82, 2.24) is 9.97 Å². The molecule has 162 valence electrons. The number of amides is 1.